The van der Waals surface area contributed by atoms with Gasteiger partial charge in [0, 0.05) is 47.2 Å². The number of Topliss-reactive ketones (excluding diaryl/α,β-unsaturated/α-hetero) is 1. The fraction of sp³-hybridized carbons (Fsp3) is 0.423. The summed E-state index contributed by atoms with van der Waals surface area (Å²) in [7, 11) is 0. The largest absolute Gasteiger partial charge is 0.375 e. The molecule has 2 aromatic carbocycles. The number of benzene rings is 2. The number of halogens is 1. The normalized spacial score (nSPS) is 26.1. The molecular formula is C26H29ClN2O2. The van der Waals surface area contributed by atoms with Crippen molar-refractivity contribution in [2.24, 2.45) is 11.8 Å². The topological polar surface area (TPSA) is 45.3 Å². The third-order valence-corrected chi connectivity index (χ3v) is 7.28. The molecule has 2 aliphatic rings. The molecule has 4 nitrogen and oxygen atoms in total. The summed E-state index contributed by atoms with van der Waals surface area (Å²) in [6.45, 7) is 6.87. The van der Waals surface area contributed by atoms with E-state index in [1.807, 2.05) is 0 Å². The summed E-state index contributed by atoms with van der Waals surface area (Å²) in [5, 5.41) is 1.27. The highest BCUT2D eigenvalue weighted by molar-refractivity contribution is 6.28. The predicted octanol–water partition coefficient (Wildman–Crippen LogP) is 5.14. The van der Waals surface area contributed by atoms with Crippen molar-refractivity contribution in [1.29, 1.82) is 0 Å². The summed E-state index contributed by atoms with van der Waals surface area (Å²) in [5.41, 5.74) is 6.05. The van der Waals surface area contributed by atoms with Crippen LogP contribution in [0, 0.1) is 11.8 Å². The van der Waals surface area contributed by atoms with E-state index in [0.717, 1.165) is 31.6 Å². The van der Waals surface area contributed by atoms with Crippen LogP contribution < -0.4 is 4.90 Å². The maximum absolute atomic E-state index is 13.0. The number of morpholine rings is 1. The molecule has 0 saturated carbocycles. The Labute approximate surface area is 188 Å². The number of aromatic nitrogens is 1. The lowest BCUT2D eigenvalue weighted by atomic mass is 9.67. The van der Waals surface area contributed by atoms with Crippen LogP contribution in [0.1, 0.15) is 36.6 Å². The zero-order valence-corrected chi connectivity index (χ0v) is 18.9. The van der Waals surface area contributed by atoms with E-state index < -0.39 is 0 Å². The number of aromatic amines is 1. The van der Waals surface area contributed by atoms with Crippen molar-refractivity contribution in [3.63, 3.8) is 0 Å². The molecule has 4 atom stereocenters. The Kier molecular flexibility index (Phi) is 5.53. The summed E-state index contributed by atoms with van der Waals surface area (Å²) in [6.07, 6.45) is 1.14. The van der Waals surface area contributed by atoms with Gasteiger partial charge in [-0.15, -0.1) is 11.6 Å². The van der Waals surface area contributed by atoms with Crippen LogP contribution in [0.2, 0.25) is 0 Å². The average Bonchev–Trinajstić information content (AvgIpc) is 3.16. The predicted molar refractivity (Wildman–Crippen MR) is 126 cm³/mol. The minimum absolute atomic E-state index is 0.00457. The Balaban J connectivity index is 1.57. The molecule has 1 aliphatic heterocycles. The Morgan fingerprint density at radius 2 is 1.94 bits per heavy atom. The summed E-state index contributed by atoms with van der Waals surface area (Å²) in [5.74, 6) is 0.310. The van der Waals surface area contributed by atoms with Gasteiger partial charge in [-0.1, -0.05) is 37.3 Å². The Morgan fingerprint density at radius 3 is 2.68 bits per heavy atom. The van der Waals surface area contributed by atoms with Crippen LogP contribution in [0.15, 0.2) is 48.5 Å². The van der Waals surface area contributed by atoms with Crippen LogP contribution in [-0.2, 0) is 16.0 Å². The van der Waals surface area contributed by atoms with Gasteiger partial charge in [0.05, 0.1) is 18.6 Å². The number of para-hydroxylation sites is 1. The molecule has 0 bridgehead atoms. The van der Waals surface area contributed by atoms with Gasteiger partial charge in [-0.2, -0.15) is 0 Å². The summed E-state index contributed by atoms with van der Waals surface area (Å²) < 4.78 is 5.69. The molecule has 31 heavy (non-hydrogen) atoms. The number of rotatable bonds is 4. The third-order valence-electron chi connectivity index (χ3n) is 7.02. The Morgan fingerprint density at radius 1 is 1.16 bits per heavy atom. The van der Waals surface area contributed by atoms with Gasteiger partial charge < -0.3 is 14.6 Å². The van der Waals surface area contributed by atoms with Gasteiger partial charge in [0.15, 0.2) is 5.78 Å². The quantitative estimate of drug-likeness (QED) is 0.576. The lowest BCUT2D eigenvalue weighted by Crippen LogP contribution is -2.41. The van der Waals surface area contributed by atoms with Gasteiger partial charge in [0.2, 0.25) is 0 Å². The second-order valence-corrected chi connectivity index (χ2v) is 9.33. The highest BCUT2D eigenvalue weighted by Crippen LogP contribution is 2.46. The number of carbonyl (C=O) groups excluding carboxylic acids is 1. The van der Waals surface area contributed by atoms with Crippen molar-refractivity contribution in [2.75, 3.05) is 30.5 Å². The molecule has 1 saturated heterocycles. The number of fused-ring (bicyclic) bond motifs is 3. The third kappa shape index (κ3) is 3.66. The van der Waals surface area contributed by atoms with Gasteiger partial charge in [0.1, 0.15) is 0 Å². The first-order chi connectivity index (χ1) is 15.1. The van der Waals surface area contributed by atoms with Crippen LogP contribution in [0.5, 0.6) is 0 Å². The van der Waals surface area contributed by atoms with Crippen LogP contribution in [-0.4, -0.2) is 42.4 Å². The highest BCUT2D eigenvalue weighted by atomic mass is 35.5. The SMILES string of the molecule is CC1CN(c2ccc([C@H]3c4[nH]c5ccccc5c4C[C@H](C)C3C(=O)CCl)cc2)CCO1. The maximum atomic E-state index is 13.0. The van der Waals surface area contributed by atoms with E-state index in [0.29, 0.717) is 0 Å². The van der Waals surface area contributed by atoms with Gasteiger partial charge in [-0.25, -0.2) is 0 Å². The number of anilines is 1. The second-order valence-electron chi connectivity index (χ2n) is 9.07. The summed E-state index contributed by atoms with van der Waals surface area (Å²) in [4.78, 5) is 19.0. The fourth-order valence-electron chi connectivity index (χ4n) is 5.58. The minimum Gasteiger partial charge on any atom is -0.375 e. The van der Waals surface area contributed by atoms with Gasteiger partial charge in [-0.05, 0) is 48.6 Å². The van der Waals surface area contributed by atoms with Gasteiger partial charge in [0.25, 0.3) is 0 Å². The minimum atomic E-state index is -0.118. The van der Waals surface area contributed by atoms with Crippen LogP contribution >= 0.6 is 11.6 Å². The first-order valence-corrected chi connectivity index (χ1v) is 11.7. The van der Waals surface area contributed by atoms with E-state index in [2.05, 4.69) is 72.3 Å². The molecule has 3 aromatic rings. The number of nitrogens with one attached hydrogen (secondary N) is 1. The molecule has 1 aromatic heterocycles. The molecule has 0 spiro atoms. The number of hydrogen-bond donors (Lipinski definition) is 1. The van der Waals surface area contributed by atoms with Crippen molar-refractivity contribution >= 4 is 34.0 Å². The number of alkyl halides is 1. The first kappa shape index (κ1) is 20.6. The number of ether oxygens (including phenoxy) is 1. The van der Waals surface area contributed by atoms with Crippen molar-refractivity contribution in [3.8, 4) is 0 Å². The van der Waals surface area contributed by atoms with Crippen LogP contribution in [0.3, 0.4) is 0 Å². The number of carbonyl (C=O) groups is 1. The molecule has 0 radical (unpaired) electrons. The maximum Gasteiger partial charge on any atom is 0.151 e. The molecule has 162 valence electrons. The Bertz CT molecular complexity index is 1090. The number of hydrogen-bond acceptors (Lipinski definition) is 3. The molecule has 5 heteroatoms. The molecule has 2 heterocycles. The summed E-state index contributed by atoms with van der Waals surface area (Å²) >= 11 is 6.07. The van der Waals surface area contributed by atoms with Crippen molar-refractivity contribution in [2.45, 2.75) is 32.3 Å². The first-order valence-electron chi connectivity index (χ1n) is 11.2. The van der Waals surface area contributed by atoms with Crippen molar-refractivity contribution in [3.05, 3.63) is 65.4 Å². The second kappa shape index (κ2) is 8.33. The van der Waals surface area contributed by atoms with E-state index in [4.69, 9.17) is 16.3 Å². The molecule has 1 fully saturated rings. The van der Waals surface area contributed by atoms with E-state index >= 15 is 0 Å². The standard InChI is InChI=1S/C26H29ClN2O2/c1-16-13-21-20-5-3-4-6-22(20)28-26(21)25(24(16)23(30)14-27)18-7-9-19(10-8-18)29-11-12-31-17(2)15-29/h3-10,16-17,24-25,28H,11-15H2,1-2H3/t16-,17?,24?,25+/m0/s1. The molecule has 2 unspecified atom stereocenters. The fourth-order valence-corrected chi connectivity index (χ4v) is 5.75. The molecular weight excluding hydrogens is 408 g/mol. The molecule has 0 amide bonds. The monoisotopic (exact) mass is 436 g/mol. The van der Waals surface area contributed by atoms with Gasteiger partial charge in [-0.3, -0.25) is 4.79 Å². The zero-order valence-electron chi connectivity index (χ0n) is 18.1. The van der Waals surface area contributed by atoms with Crippen molar-refractivity contribution in [1.82, 2.24) is 4.98 Å². The molecule has 5 rings (SSSR count). The lowest BCUT2D eigenvalue weighted by molar-refractivity contribution is -0.122. The number of nitrogens with zero attached hydrogens (tertiary/aromatic N) is 1. The zero-order chi connectivity index (χ0) is 21.5. The van der Waals surface area contributed by atoms with Crippen LogP contribution in [0.25, 0.3) is 10.9 Å². The van der Waals surface area contributed by atoms with E-state index in [-0.39, 0.29) is 35.5 Å². The van der Waals surface area contributed by atoms with Crippen LogP contribution in [0.4, 0.5) is 5.69 Å². The average molecular weight is 437 g/mol. The number of ketones is 1. The smallest absolute Gasteiger partial charge is 0.151 e. The number of H-pyrrole nitrogens is 1. The van der Waals surface area contributed by atoms with E-state index in [1.165, 1.54) is 27.9 Å². The lowest BCUT2D eigenvalue weighted by Gasteiger charge is -2.36. The summed E-state index contributed by atoms with van der Waals surface area (Å²) in [6, 6.07) is 17.2. The van der Waals surface area contributed by atoms with E-state index in [9.17, 15) is 4.79 Å². The van der Waals surface area contributed by atoms with Gasteiger partial charge >= 0.3 is 0 Å². The highest BCUT2D eigenvalue weighted by Gasteiger charge is 2.41. The molecule has 1 aliphatic carbocycles. The molecule has 1 N–H and O–H groups in total. The van der Waals surface area contributed by atoms with E-state index in [1.54, 1.807) is 0 Å². The Hall–Kier alpha value is -2.30. The van der Waals surface area contributed by atoms with Crippen molar-refractivity contribution < 1.29 is 9.53 Å².